The van der Waals surface area contributed by atoms with E-state index in [2.05, 4.69) is 26.1 Å². The lowest BCUT2D eigenvalue weighted by Gasteiger charge is -2.31. The maximum Gasteiger partial charge on any atom is 0.303 e. The highest BCUT2D eigenvalue weighted by molar-refractivity contribution is 9.10. The average molecular weight is 316 g/mol. The van der Waals surface area contributed by atoms with Crippen LogP contribution in [-0.4, -0.2) is 45.2 Å². The molecule has 0 spiro atoms. The average Bonchev–Trinajstić information content (AvgIpc) is 2.75. The Morgan fingerprint density at radius 1 is 1.50 bits per heavy atom. The first-order chi connectivity index (χ1) is 8.58. The number of aromatic nitrogens is 2. The van der Waals surface area contributed by atoms with E-state index in [-0.39, 0.29) is 18.2 Å². The number of carboxylic acids is 1. The van der Waals surface area contributed by atoms with Gasteiger partial charge in [0.25, 0.3) is 5.91 Å². The molecule has 0 atom stereocenters. The SMILES string of the molecule is O=C(O)CC1CCN(C(=O)c2[nH]ncc2Br)CC1. The van der Waals surface area contributed by atoms with Gasteiger partial charge in [0.15, 0.2) is 0 Å². The van der Waals surface area contributed by atoms with E-state index in [0.717, 1.165) is 12.8 Å². The molecule has 6 nitrogen and oxygen atoms in total. The van der Waals surface area contributed by atoms with Crippen LogP contribution in [0.3, 0.4) is 0 Å². The second-order valence-corrected chi connectivity index (χ2v) is 5.28. The van der Waals surface area contributed by atoms with Gasteiger partial charge in [-0.2, -0.15) is 5.10 Å². The molecule has 1 amide bonds. The summed E-state index contributed by atoms with van der Waals surface area (Å²) in [5, 5.41) is 15.2. The number of nitrogens with one attached hydrogen (secondary N) is 1. The molecule has 2 heterocycles. The number of hydrogen-bond donors (Lipinski definition) is 2. The molecule has 0 unspecified atom stereocenters. The number of nitrogens with zero attached hydrogens (tertiary/aromatic N) is 2. The van der Waals surface area contributed by atoms with Gasteiger partial charge in [0.05, 0.1) is 10.7 Å². The Hall–Kier alpha value is -1.37. The van der Waals surface area contributed by atoms with Crippen LogP contribution >= 0.6 is 15.9 Å². The minimum absolute atomic E-state index is 0.0897. The van der Waals surface area contributed by atoms with Crippen molar-refractivity contribution in [2.45, 2.75) is 19.3 Å². The highest BCUT2D eigenvalue weighted by Gasteiger charge is 2.26. The van der Waals surface area contributed by atoms with Crippen molar-refractivity contribution in [3.63, 3.8) is 0 Å². The third-order valence-corrected chi connectivity index (χ3v) is 3.77. The summed E-state index contributed by atoms with van der Waals surface area (Å²) < 4.78 is 0.653. The molecule has 98 valence electrons. The van der Waals surface area contributed by atoms with E-state index in [1.54, 1.807) is 11.1 Å². The van der Waals surface area contributed by atoms with Gasteiger partial charge in [-0.1, -0.05) is 0 Å². The lowest BCUT2D eigenvalue weighted by Crippen LogP contribution is -2.39. The zero-order valence-corrected chi connectivity index (χ0v) is 11.3. The number of rotatable bonds is 3. The highest BCUT2D eigenvalue weighted by Crippen LogP contribution is 2.23. The van der Waals surface area contributed by atoms with Gasteiger partial charge in [-0.25, -0.2) is 0 Å². The van der Waals surface area contributed by atoms with Crippen LogP contribution in [0.25, 0.3) is 0 Å². The first-order valence-corrected chi connectivity index (χ1v) is 6.57. The Bertz CT molecular complexity index is 452. The Balaban J connectivity index is 1.92. The second kappa shape index (κ2) is 5.51. The summed E-state index contributed by atoms with van der Waals surface area (Å²) in [4.78, 5) is 24.5. The monoisotopic (exact) mass is 315 g/mol. The zero-order chi connectivity index (χ0) is 13.1. The predicted molar refractivity (Wildman–Crippen MR) is 67.2 cm³/mol. The van der Waals surface area contributed by atoms with Gasteiger partial charge in [0.2, 0.25) is 0 Å². The fourth-order valence-electron chi connectivity index (χ4n) is 2.17. The summed E-state index contributed by atoms with van der Waals surface area (Å²) in [6, 6.07) is 0. The van der Waals surface area contributed by atoms with E-state index < -0.39 is 5.97 Å². The van der Waals surface area contributed by atoms with Gasteiger partial charge < -0.3 is 10.0 Å². The molecule has 0 bridgehead atoms. The van der Waals surface area contributed by atoms with Gasteiger partial charge >= 0.3 is 5.97 Å². The molecular formula is C11H14BrN3O3. The fraction of sp³-hybridized carbons (Fsp3) is 0.545. The topological polar surface area (TPSA) is 86.3 Å². The van der Waals surface area contributed by atoms with Crippen LogP contribution in [0.1, 0.15) is 29.8 Å². The minimum Gasteiger partial charge on any atom is -0.481 e. The molecule has 0 radical (unpaired) electrons. The van der Waals surface area contributed by atoms with Gasteiger partial charge in [-0.05, 0) is 34.7 Å². The highest BCUT2D eigenvalue weighted by atomic mass is 79.9. The Morgan fingerprint density at radius 3 is 2.67 bits per heavy atom. The fourth-order valence-corrected chi connectivity index (χ4v) is 2.53. The van der Waals surface area contributed by atoms with Crippen LogP contribution in [0.4, 0.5) is 0 Å². The number of carbonyl (C=O) groups excluding carboxylic acids is 1. The number of halogens is 1. The summed E-state index contributed by atoms with van der Waals surface area (Å²) >= 11 is 3.26. The van der Waals surface area contributed by atoms with Crippen molar-refractivity contribution in [3.05, 3.63) is 16.4 Å². The number of H-pyrrole nitrogens is 1. The number of likely N-dealkylation sites (tertiary alicyclic amines) is 1. The number of aromatic amines is 1. The molecule has 7 heteroatoms. The lowest BCUT2D eigenvalue weighted by atomic mass is 9.93. The smallest absolute Gasteiger partial charge is 0.303 e. The first-order valence-electron chi connectivity index (χ1n) is 5.78. The van der Waals surface area contributed by atoms with E-state index in [0.29, 0.717) is 23.3 Å². The largest absolute Gasteiger partial charge is 0.481 e. The molecule has 1 aromatic heterocycles. The van der Waals surface area contributed by atoms with Crippen LogP contribution in [0, 0.1) is 5.92 Å². The Labute approximate surface area is 112 Å². The zero-order valence-electron chi connectivity index (χ0n) is 9.73. The molecule has 0 aliphatic carbocycles. The molecule has 1 aromatic rings. The quantitative estimate of drug-likeness (QED) is 0.885. The Morgan fingerprint density at radius 2 is 2.17 bits per heavy atom. The van der Waals surface area contributed by atoms with Crippen molar-refractivity contribution in [1.29, 1.82) is 0 Å². The van der Waals surface area contributed by atoms with Crippen molar-refractivity contribution in [1.82, 2.24) is 15.1 Å². The van der Waals surface area contributed by atoms with Crippen molar-refractivity contribution in [2.24, 2.45) is 5.92 Å². The molecule has 0 saturated carbocycles. The molecule has 0 aromatic carbocycles. The predicted octanol–water partition coefficient (Wildman–Crippen LogP) is 1.50. The third-order valence-electron chi connectivity index (χ3n) is 3.17. The van der Waals surface area contributed by atoms with E-state index in [1.165, 1.54) is 0 Å². The summed E-state index contributed by atoms with van der Waals surface area (Å²) in [5.74, 6) is -0.680. The van der Waals surface area contributed by atoms with Crippen LogP contribution < -0.4 is 0 Å². The molecule has 2 N–H and O–H groups in total. The summed E-state index contributed by atoms with van der Waals surface area (Å²) in [6.07, 6.45) is 3.22. The van der Waals surface area contributed by atoms with Gasteiger partial charge in [-0.3, -0.25) is 14.7 Å². The standard InChI is InChI=1S/C11H14BrN3O3/c12-8-6-13-14-10(8)11(18)15-3-1-7(2-4-15)5-9(16)17/h6-7H,1-5H2,(H,13,14)(H,16,17). The van der Waals surface area contributed by atoms with E-state index in [4.69, 9.17) is 5.11 Å². The molecule has 1 aliphatic rings. The van der Waals surface area contributed by atoms with Crippen LogP contribution in [0.5, 0.6) is 0 Å². The van der Waals surface area contributed by atoms with E-state index >= 15 is 0 Å². The summed E-state index contributed by atoms with van der Waals surface area (Å²) in [5.41, 5.74) is 0.451. The normalized spacial score (nSPS) is 16.8. The van der Waals surface area contributed by atoms with Crippen LogP contribution in [-0.2, 0) is 4.79 Å². The van der Waals surface area contributed by atoms with E-state index in [9.17, 15) is 9.59 Å². The number of hydrogen-bond acceptors (Lipinski definition) is 3. The molecular weight excluding hydrogens is 302 g/mol. The lowest BCUT2D eigenvalue weighted by molar-refractivity contribution is -0.138. The number of piperidine rings is 1. The molecule has 1 saturated heterocycles. The number of aliphatic carboxylic acids is 1. The van der Waals surface area contributed by atoms with Crippen LogP contribution in [0.15, 0.2) is 10.7 Å². The van der Waals surface area contributed by atoms with Crippen molar-refractivity contribution in [2.75, 3.05) is 13.1 Å². The molecule has 1 aliphatic heterocycles. The first kappa shape index (κ1) is 13.1. The second-order valence-electron chi connectivity index (χ2n) is 4.43. The maximum atomic E-state index is 12.1. The Kier molecular flexibility index (Phi) is 4.00. The maximum absolute atomic E-state index is 12.1. The van der Waals surface area contributed by atoms with Crippen molar-refractivity contribution < 1.29 is 14.7 Å². The third kappa shape index (κ3) is 2.90. The van der Waals surface area contributed by atoms with Crippen molar-refractivity contribution >= 4 is 27.8 Å². The number of amides is 1. The number of carboxylic acid groups (broad SMARTS) is 1. The number of carbonyl (C=O) groups is 2. The van der Waals surface area contributed by atoms with Crippen molar-refractivity contribution in [3.8, 4) is 0 Å². The molecule has 1 fully saturated rings. The summed E-state index contributed by atoms with van der Waals surface area (Å²) in [7, 11) is 0. The van der Waals surface area contributed by atoms with Gasteiger partial charge in [-0.15, -0.1) is 0 Å². The summed E-state index contributed by atoms with van der Waals surface area (Å²) in [6.45, 7) is 1.20. The molecule has 2 rings (SSSR count). The van der Waals surface area contributed by atoms with Gasteiger partial charge in [0.1, 0.15) is 5.69 Å². The van der Waals surface area contributed by atoms with Crippen LogP contribution in [0.2, 0.25) is 0 Å². The van der Waals surface area contributed by atoms with E-state index in [1.807, 2.05) is 0 Å². The minimum atomic E-state index is -0.768. The molecule has 18 heavy (non-hydrogen) atoms. The van der Waals surface area contributed by atoms with Gasteiger partial charge in [0, 0.05) is 19.5 Å².